The summed E-state index contributed by atoms with van der Waals surface area (Å²) in [5.74, 6) is 0.626. The average Bonchev–Trinajstić information content (AvgIpc) is 2.32. The molecule has 78 valence electrons. The molecule has 0 aliphatic heterocycles. The zero-order valence-corrected chi connectivity index (χ0v) is 8.81. The van der Waals surface area contributed by atoms with Crippen molar-refractivity contribution in [3.63, 3.8) is 0 Å². The normalized spacial score (nSPS) is 9.50. The number of para-hydroxylation sites is 1. The summed E-state index contributed by atoms with van der Waals surface area (Å²) in [4.78, 5) is 7.86. The lowest BCUT2D eigenvalue weighted by molar-refractivity contribution is 1.14. The van der Waals surface area contributed by atoms with E-state index >= 15 is 0 Å². The van der Waals surface area contributed by atoms with E-state index in [-0.39, 0.29) is 0 Å². The molecule has 0 saturated carbocycles. The highest BCUT2D eigenvalue weighted by Gasteiger charge is 2.00. The Morgan fingerprint density at radius 1 is 1.25 bits per heavy atom. The minimum atomic E-state index is 0.353. The van der Waals surface area contributed by atoms with E-state index in [1.165, 1.54) is 6.33 Å². The van der Waals surface area contributed by atoms with Crippen LogP contribution >= 0.6 is 0 Å². The summed E-state index contributed by atoms with van der Waals surface area (Å²) in [6.07, 6.45) is 1.37. The molecule has 16 heavy (non-hydrogen) atoms. The number of rotatable bonds is 2. The fourth-order valence-corrected chi connectivity index (χ4v) is 1.34. The maximum absolute atomic E-state index is 8.71. The van der Waals surface area contributed by atoms with Gasteiger partial charge in [-0.2, -0.15) is 5.26 Å². The Balaban J connectivity index is 2.28. The minimum absolute atomic E-state index is 0.353. The van der Waals surface area contributed by atoms with Crippen molar-refractivity contribution in [3.05, 3.63) is 47.9 Å². The van der Waals surface area contributed by atoms with Gasteiger partial charge in [0, 0.05) is 11.8 Å². The molecule has 4 heteroatoms. The van der Waals surface area contributed by atoms with Gasteiger partial charge in [0.1, 0.15) is 23.9 Å². The molecule has 2 rings (SSSR count). The van der Waals surface area contributed by atoms with Gasteiger partial charge in [-0.05, 0) is 18.6 Å². The van der Waals surface area contributed by atoms with E-state index in [2.05, 4.69) is 15.3 Å². The number of nitriles is 1. The van der Waals surface area contributed by atoms with Crippen LogP contribution in [0.5, 0.6) is 0 Å². The molecule has 2 aromatic rings. The highest BCUT2D eigenvalue weighted by atomic mass is 15.0. The van der Waals surface area contributed by atoms with Gasteiger partial charge in [0.2, 0.25) is 0 Å². The van der Waals surface area contributed by atoms with Crippen molar-refractivity contribution in [2.24, 2.45) is 0 Å². The first-order valence-corrected chi connectivity index (χ1v) is 4.84. The molecule has 0 aliphatic carbocycles. The summed E-state index contributed by atoms with van der Waals surface area (Å²) in [6.45, 7) is 2.01. The average molecular weight is 210 g/mol. The molecular formula is C12H10N4. The number of aryl methyl sites for hydroxylation is 1. The van der Waals surface area contributed by atoms with E-state index in [4.69, 9.17) is 5.26 Å². The molecule has 0 bridgehead atoms. The first-order valence-electron chi connectivity index (χ1n) is 4.84. The predicted molar refractivity (Wildman–Crippen MR) is 61.2 cm³/mol. The van der Waals surface area contributed by atoms with Crippen LogP contribution in [-0.2, 0) is 0 Å². The second-order valence-electron chi connectivity index (χ2n) is 3.34. The maximum Gasteiger partial charge on any atom is 0.145 e. The quantitative estimate of drug-likeness (QED) is 0.826. The van der Waals surface area contributed by atoms with Gasteiger partial charge in [-0.1, -0.05) is 18.2 Å². The van der Waals surface area contributed by atoms with Crippen LogP contribution in [0.15, 0.2) is 36.7 Å². The van der Waals surface area contributed by atoms with Crippen molar-refractivity contribution in [3.8, 4) is 6.07 Å². The molecule has 0 amide bonds. The molecule has 0 fully saturated rings. The number of nitrogens with zero attached hydrogens (tertiary/aromatic N) is 3. The van der Waals surface area contributed by atoms with Gasteiger partial charge in [0.25, 0.3) is 0 Å². The summed E-state index contributed by atoms with van der Waals surface area (Å²) < 4.78 is 0. The molecule has 1 aromatic heterocycles. The first kappa shape index (κ1) is 10.1. The van der Waals surface area contributed by atoms with E-state index in [0.717, 1.165) is 11.3 Å². The third-order valence-electron chi connectivity index (χ3n) is 2.19. The van der Waals surface area contributed by atoms with Gasteiger partial charge in [-0.25, -0.2) is 9.97 Å². The molecule has 0 radical (unpaired) electrons. The SMILES string of the molecule is Cc1ccccc1Nc1cc(C#N)ncn1. The molecule has 0 spiro atoms. The van der Waals surface area contributed by atoms with Crippen molar-refractivity contribution in [2.75, 3.05) is 5.32 Å². The lowest BCUT2D eigenvalue weighted by Crippen LogP contribution is -1.97. The molecule has 0 saturated heterocycles. The molecular weight excluding hydrogens is 200 g/mol. The number of nitrogens with one attached hydrogen (secondary N) is 1. The number of benzene rings is 1. The highest BCUT2D eigenvalue weighted by molar-refractivity contribution is 5.60. The van der Waals surface area contributed by atoms with Gasteiger partial charge in [-0.15, -0.1) is 0 Å². The number of hydrogen-bond donors (Lipinski definition) is 1. The number of hydrogen-bond acceptors (Lipinski definition) is 4. The van der Waals surface area contributed by atoms with E-state index in [1.54, 1.807) is 6.07 Å². The van der Waals surface area contributed by atoms with Crippen molar-refractivity contribution in [1.82, 2.24) is 9.97 Å². The van der Waals surface area contributed by atoms with Crippen molar-refractivity contribution in [1.29, 1.82) is 5.26 Å². The van der Waals surface area contributed by atoms with Crippen LogP contribution in [0.3, 0.4) is 0 Å². The predicted octanol–water partition coefficient (Wildman–Crippen LogP) is 2.40. The highest BCUT2D eigenvalue weighted by Crippen LogP contribution is 2.18. The van der Waals surface area contributed by atoms with Gasteiger partial charge in [0.05, 0.1) is 0 Å². The largest absolute Gasteiger partial charge is 0.340 e. The van der Waals surface area contributed by atoms with Crippen LogP contribution in [0.4, 0.5) is 11.5 Å². The minimum Gasteiger partial charge on any atom is -0.340 e. The Kier molecular flexibility index (Phi) is 2.79. The molecule has 1 aromatic carbocycles. The van der Waals surface area contributed by atoms with Crippen molar-refractivity contribution in [2.45, 2.75) is 6.92 Å². The van der Waals surface area contributed by atoms with Crippen molar-refractivity contribution < 1.29 is 0 Å². The monoisotopic (exact) mass is 210 g/mol. The Morgan fingerprint density at radius 3 is 2.81 bits per heavy atom. The molecule has 1 N–H and O–H groups in total. The van der Waals surface area contributed by atoms with E-state index < -0.39 is 0 Å². The molecule has 0 atom stereocenters. The Morgan fingerprint density at radius 2 is 2.06 bits per heavy atom. The smallest absolute Gasteiger partial charge is 0.145 e. The molecule has 0 unspecified atom stereocenters. The second kappa shape index (κ2) is 4.41. The molecule has 1 heterocycles. The van der Waals surface area contributed by atoms with Gasteiger partial charge < -0.3 is 5.32 Å². The fourth-order valence-electron chi connectivity index (χ4n) is 1.34. The van der Waals surface area contributed by atoms with Gasteiger partial charge in [-0.3, -0.25) is 0 Å². The zero-order chi connectivity index (χ0) is 11.4. The Hall–Kier alpha value is -2.41. The third kappa shape index (κ3) is 2.15. The number of aromatic nitrogens is 2. The summed E-state index contributed by atoms with van der Waals surface area (Å²) in [5, 5.41) is 11.9. The Bertz CT molecular complexity index is 543. The van der Waals surface area contributed by atoms with Crippen molar-refractivity contribution >= 4 is 11.5 Å². The van der Waals surface area contributed by atoms with Crippen LogP contribution in [0.2, 0.25) is 0 Å². The van der Waals surface area contributed by atoms with Crippen LogP contribution in [0, 0.1) is 18.3 Å². The summed E-state index contributed by atoms with van der Waals surface area (Å²) in [6, 6.07) is 11.5. The maximum atomic E-state index is 8.71. The summed E-state index contributed by atoms with van der Waals surface area (Å²) in [7, 11) is 0. The van der Waals surface area contributed by atoms with Gasteiger partial charge in [0.15, 0.2) is 0 Å². The van der Waals surface area contributed by atoms with Gasteiger partial charge >= 0.3 is 0 Å². The van der Waals surface area contributed by atoms with Crippen LogP contribution < -0.4 is 5.32 Å². The van der Waals surface area contributed by atoms with Crippen LogP contribution in [0.25, 0.3) is 0 Å². The fraction of sp³-hybridized carbons (Fsp3) is 0.0833. The van der Waals surface area contributed by atoms with E-state index in [9.17, 15) is 0 Å². The first-order chi connectivity index (χ1) is 7.79. The van der Waals surface area contributed by atoms with E-state index in [0.29, 0.717) is 11.5 Å². The van der Waals surface area contributed by atoms with E-state index in [1.807, 2.05) is 37.3 Å². The van der Waals surface area contributed by atoms with Crippen LogP contribution in [-0.4, -0.2) is 9.97 Å². The summed E-state index contributed by atoms with van der Waals surface area (Å²) >= 11 is 0. The zero-order valence-electron chi connectivity index (χ0n) is 8.81. The third-order valence-corrected chi connectivity index (χ3v) is 2.19. The number of anilines is 2. The van der Waals surface area contributed by atoms with Crippen LogP contribution in [0.1, 0.15) is 11.3 Å². The topological polar surface area (TPSA) is 61.6 Å². The standard InChI is InChI=1S/C12H10N4/c1-9-4-2-3-5-11(9)16-12-6-10(7-13)14-8-15-12/h2-6,8H,1H3,(H,14,15,16). The Labute approximate surface area is 93.6 Å². The summed E-state index contributed by atoms with van der Waals surface area (Å²) in [5.41, 5.74) is 2.45. The molecule has 4 nitrogen and oxygen atoms in total. The second-order valence-corrected chi connectivity index (χ2v) is 3.34. The lowest BCUT2D eigenvalue weighted by Gasteiger charge is -2.07. The molecule has 0 aliphatic rings. The lowest BCUT2D eigenvalue weighted by atomic mass is 10.2.